The number of nitrogens with zero attached hydrogens (tertiary/aromatic N) is 4. The predicted octanol–water partition coefficient (Wildman–Crippen LogP) is 0.863. The predicted molar refractivity (Wildman–Crippen MR) is 50.4 cm³/mol. The summed E-state index contributed by atoms with van der Waals surface area (Å²) in [4.78, 5) is 16.2. The van der Waals surface area contributed by atoms with Gasteiger partial charge in [-0.1, -0.05) is 6.92 Å². The first-order valence-corrected chi connectivity index (χ1v) is 4.43. The molecule has 0 fully saturated rings. The van der Waals surface area contributed by atoms with Gasteiger partial charge >= 0.3 is 0 Å². The van der Waals surface area contributed by atoms with E-state index < -0.39 is 6.10 Å². The maximum atomic E-state index is 9.52. The van der Waals surface area contributed by atoms with Crippen molar-refractivity contribution in [1.82, 2.24) is 19.9 Å². The van der Waals surface area contributed by atoms with Crippen LogP contribution in [-0.4, -0.2) is 25.0 Å². The number of hydrogen-bond donors (Lipinski definition) is 1. The van der Waals surface area contributed by atoms with Crippen LogP contribution in [-0.2, 0) is 0 Å². The molecule has 5 heteroatoms. The van der Waals surface area contributed by atoms with Crippen LogP contribution in [0.3, 0.4) is 0 Å². The Balaban J connectivity index is 2.51. The SMILES string of the molecule is CCC(O)c1ncc2nccnc2n1. The molecule has 5 nitrogen and oxygen atoms in total. The average Bonchev–Trinajstić information content (AvgIpc) is 2.27. The number of rotatable bonds is 2. The molecule has 0 aliphatic rings. The minimum atomic E-state index is -0.624. The van der Waals surface area contributed by atoms with Crippen molar-refractivity contribution in [2.24, 2.45) is 0 Å². The summed E-state index contributed by atoms with van der Waals surface area (Å²) < 4.78 is 0. The van der Waals surface area contributed by atoms with E-state index >= 15 is 0 Å². The molecule has 2 aromatic heterocycles. The van der Waals surface area contributed by atoms with Gasteiger partial charge in [-0.15, -0.1) is 0 Å². The van der Waals surface area contributed by atoms with Crippen molar-refractivity contribution in [2.45, 2.75) is 19.4 Å². The summed E-state index contributed by atoms with van der Waals surface area (Å²) in [5.41, 5.74) is 1.16. The number of aliphatic hydroxyl groups is 1. The van der Waals surface area contributed by atoms with Crippen LogP contribution in [0.2, 0.25) is 0 Å². The lowest BCUT2D eigenvalue weighted by Crippen LogP contribution is -2.03. The molecular formula is C9H10N4O. The highest BCUT2D eigenvalue weighted by Gasteiger charge is 2.09. The highest BCUT2D eigenvalue weighted by molar-refractivity contribution is 5.67. The summed E-state index contributed by atoms with van der Waals surface area (Å²) >= 11 is 0. The first kappa shape index (κ1) is 8.96. The van der Waals surface area contributed by atoms with E-state index in [1.54, 1.807) is 18.6 Å². The molecule has 72 valence electrons. The Labute approximate surface area is 80.9 Å². The Hall–Kier alpha value is -1.62. The van der Waals surface area contributed by atoms with E-state index in [1.165, 1.54) is 0 Å². The van der Waals surface area contributed by atoms with Crippen molar-refractivity contribution in [3.63, 3.8) is 0 Å². The third kappa shape index (κ3) is 1.54. The Kier molecular flexibility index (Phi) is 2.32. The fourth-order valence-corrected chi connectivity index (χ4v) is 1.13. The molecule has 0 radical (unpaired) electrons. The Morgan fingerprint density at radius 1 is 1.29 bits per heavy atom. The molecule has 0 saturated heterocycles. The van der Waals surface area contributed by atoms with Crippen LogP contribution >= 0.6 is 0 Å². The average molecular weight is 190 g/mol. The Bertz CT molecular complexity index is 446. The maximum Gasteiger partial charge on any atom is 0.181 e. The quantitative estimate of drug-likeness (QED) is 0.760. The van der Waals surface area contributed by atoms with Crippen LogP contribution < -0.4 is 0 Å². The summed E-state index contributed by atoms with van der Waals surface area (Å²) in [7, 11) is 0. The van der Waals surface area contributed by atoms with Gasteiger partial charge < -0.3 is 5.11 Å². The first-order valence-electron chi connectivity index (χ1n) is 4.43. The van der Waals surface area contributed by atoms with E-state index in [1.807, 2.05) is 6.92 Å². The van der Waals surface area contributed by atoms with Crippen molar-refractivity contribution >= 4 is 11.2 Å². The molecule has 1 atom stereocenters. The summed E-state index contributed by atoms with van der Waals surface area (Å²) in [6.07, 6.45) is 4.69. The zero-order valence-electron chi connectivity index (χ0n) is 7.75. The van der Waals surface area contributed by atoms with Crippen LogP contribution in [0.1, 0.15) is 25.3 Å². The van der Waals surface area contributed by atoms with Crippen molar-refractivity contribution in [3.05, 3.63) is 24.4 Å². The molecule has 0 aliphatic heterocycles. The molecule has 0 amide bonds. The van der Waals surface area contributed by atoms with Gasteiger partial charge in [0.2, 0.25) is 0 Å². The van der Waals surface area contributed by atoms with Gasteiger partial charge in [0, 0.05) is 12.4 Å². The molecule has 0 aromatic carbocycles. The second kappa shape index (κ2) is 3.63. The molecule has 2 aromatic rings. The second-order valence-electron chi connectivity index (χ2n) is 2.92. The van der Waals surface area contributed by atoms with E-state index in [-0.39, 0.29) is 0 Å². The third-order valence-corrected chi connectivity index (χ3v) is 1.93. The smallest absolute Gasteiger partial charge is 0.181 e. The lowest BCUT2D eigenvalue weighted by atomic mass is 10.2. The highest BCUT2D eigenvalue weighted by Crippen LogP contribution is 2.12. The van der Waals surface area contributed by atoms with E-state index in [2.05, 4.69) is 19.9 Å². The molecule has 0 bridgehead atoms. The van der Waals surface area contributed by atoms with Gasteiger partial charge in [0.15, 0.2) is 11.5 Å². The van der Waals surface area contributed by atoms with Crippen LogP contribution in [0.4, 0.5) is 0 Å². The van der Waals surface area contributed by atoms with Gasteiger partial charge in [-0.3, -0.25) is 0 Å². The lowest BCUT2D eigenvalue weighted by molar-refractivity contribution is 0.164. The molecule has 0 saturated carbocycles. The van der Waals surface area contributed by atoms with Gasteiger partial charge in [0.25, 0.3) is 0 Å². The van der Waals surface area contributed by atoms with Crippen LogP contribution in [0.15, 0.2) is 18.6 Å². The molecule has 0 aliphatic carbocycles. The minimum Gasteiger partial charge on any atom is -0.385 e. The molecule has 2 heterocycles. The molecule has 2 rings (SSSR count). The van der Waals surface area contributed by atoms with Crippen molar-refractivity contribution in [1.29, 1.82) is 0 Å². The third-order valence-electron chi connectivity index (χ3n) is 1.93. The van der Waals surface area contributed by atoms with Crippen LogP contribution in [0, 0.1) is 0 Å². The minimum absolute atomic E-state index is 0.403. The summed E-state index contributed by atoms with van der Waals surface area (Å²) in [6, 6.07) is 0. The molecule has 1 N–H and O–H groups in total. The normalized spacial score (nSPS) is 13.0. The van der Waals surface area contributed by atoms with Gasteiger partial charge in [0.1, 0.15) is 11.6 Å². The molecule has 0 spiro atoms. The largest absolute Gasteiger partial charge is 0.385 e. The van der Waals surface area contributed by atoms with Gasteiger partial charge in [-0.2, -0.15) is 0 Å². The Morgan fingerprint density at radius 2 is 2.07 bits per heavy atom. The summed E-state index contributed by atoms with van der Waals surface area (Å²) in [6.45, 7) is 1.87. The standard InChI is InChI=1S/C9H10N4O/c1-2-7(14)9-12-5-6-8(13-9)11-4-3-10-6/h3-5,7,14H,2H2,1H3. The fraction of sp³-hybridized carbons (Fsp3) is 0.333. The van der Waals surface area contributed by atoms with E-state index in [9.17, 15) is 5.11 Å². The topological polar surface area (TPSA) is 71.8 Å². The van der Waals surface area contributed by atoms with E-state index in [0.717, 1.165) is 0 Å². The van der Waals surface area contributed by atoms with Crippen molar-refractivity contribution in [2.75, 3.05) is 0 Å². The number of hydrogen-bond acceptors (Lipinski definition) is 5. The van der Waals surface area contributed by atoms with Crippen LogP contribution in [0.25, 0.3) is 11.2 Å². The monoisotopic (exact) mass is 190 g/mol. The Morgan fingerprint density at radius 3 is 2.86 bits per heavy atom. The molecular weight excluding hydrogens is 180 g/mol. The number of fused-ring (bicyclic) bond motifs is 1. The second-order valence-corrected chi connectivity index (χ2v) is 2.92. The summed E-state index contributed by atoms with van der Waals surface area (Å²) in [5.74, 6) is 0.403. The molecule has 1 unspecified atom stereocenters. The van der Waals surface area contributed by atoms with Crippen molar-refractivity contribution in [3.8, 4) is 0 Å². The first-order chi connectivity index (χ1) is 6.81. The van der Waals surface area contributed by atoms with Gasteiger partial charge in [-0.05, 0) is 6.42 Å². The lowest BCUT2D eigenvalue weighted by Gasteiger charge is -2.05. The van der Waals surface area contributed by atoms with E-state index in [0.29, 0.717) is 23.4 Å². The van der Waals surface area contributed by atoms with Gasteiger partial charge in [0.05, 0.1) is 6.20 Å². The highest BCUT2D eigenvalue weighted by atomic mass is 16.3. The zero-order chi connectivity index (χ0) is 9.97. The van der Waals surface area contributed by atoms with Gasteiger partial charge in [-0.25, -0.2) is 19.9 Å². The van der Waals surface area contributed by atoms with E-state index in [4.69, 9.17) is 0 Å². The summed E-state index contributed by atoms with van der Waals surface area (Å²) in [5, 5.41) is 9.52. The van der Waals surface area contributed by atoms with Crippen molar-refractivity contribution < 1.29 is 5.11 Å². The molecule has 14 heavy (non-hydrogen) atoms. The number of aromatic nitrogens is 4. The maximum absolute atomic E-state index is 9.52. The zero-order valence-corrected chi connectivity index (χ0v) is 7.75. The fourth-order valence-electron chi connectivity index (χ4n) is 1.13. The number of aliphatic hydroxyl groups excluding tert-OH is 1. The van der Waals surface area contributed by atoms with Crippen LogP contribution in [0.5, 0.6) is 0 Å².